The summed E-state index contributed by atoms with van der Waals surface area (Å²) in [6.45, 7) is 10.6. The van der Waals surface area contributed by atoms with Gasteiger partial charge in [0.25, 0.3) is 5.69 Å². The molecule has 0 spiro atoms. The fourth-order valence-corrected chi connectivity index (χ4v) is 2.49. The van der Waals surface area contributed by atoms with E-state index in [9.17, 15) is 14.9 Å². The van der Waals surface area contributed by atoms with Crippen LogP contribution in [0.1, 0.15) is 26.3 Å². The molecule has 116 valence electrons. The number of nitro benzene ring substituents is 1. The number of Topliss-reactive ketones (excluding diaryl/α,β-unsaturated/α-hetero) is 1. The maximum atomic E-state index is 12.0. The Hall–Kier alpha value is -1.53. The van der Waals surface area contributed by atoms with Crippen LogP contribution in [0.25, 0.3) is 0 Å². The van der Waals surface area contributed by atoms with Crippen LogP contribution in [0.4, 0.5) is 5.69 Å². The van der Waals surface area contributed by atoms with Crippen molar-refractivity contribution in [3.63, 3.8) is 0 Å². The van der Waals surface area contributed by atoms with E-state index in [0.717, 1.165) is 0 Å². The van der Waals surface area contributed by atoms with Crippen molar-refractivity contribution in [2.45, 2.75) is 45.3 Å². The molecule has 1 rings (SSSR count). The normalized spacial score (nSPS) is 12.2. The molecule has 0 N–H and O–H groups in total. The highest BCUT2D eigenvalue weighted by molar-refractivity contribution is 6.74. The van der Waals surface area contributed by atoms with E-state index in [1.54, 1.807) is 12.1 Å². The largest absolute Gasteiger partial charge is 0.410 e. The third-order valence-electron chi connectivity index (χ3n) is 3.92. The van der Waals surface area contributed by atoms with Crippen LogP contribution in [0.3, 0.4) is 0 Å². The van der Waals surface area contributed by atoms with Gasteiger partial charge in [-0.1, -0.05) is 32.9 Å². The third kappa shape index (κ3) is 5.06. The van der Waals surface area contributed by atoms with Crippen LogP contribution in [0.5, 0.6) is 0 Å². The van der Waals surface area contributed by atoms with Gasteiger partial charge in [0.1, 0.15) is 0 Å². The Morgan fingerprint density at radius 2 is 1.95 bits per heavy atom. The summed E-state index contributed by atoms with van der Waals surface area (Å²) in [5.74, 6) is -0.0553. The molecule has 0 amide bonds. The summed E-state index contributed by atoms with van der Waals surface area (Å²) in [4.78, 5) is 22.2. The molecule has 0 fully saturated rings. The van der Waals surface area contributed by atoms with Crippen LogP contribution in [0.2, 0.25) is 18.1 Å². The second-order valence-electron chi connectivity index (χ2n) is 6.69. The first-order valence-corrected chi connectivity index (χ1v) is 9.83. The molecule has 1 aromatic rings. The average molecular weight is 309 g/mol. The molecule has 0 bridgehead atoms. The smallest absolute Gasteiger partial charge is 0.269 e. The third-order valence-corrected chi connectivity index (χ3v) is 8.40. The zero-order valence-corrected chi connectivity index (χ0v) is 14.3. The summed E-state index contributed by atoms with van der Waals surface area (Å²) in [5, 5.41) is 10.8. The van der Waals surface area contributed by atoms with Crippen LogP contribution >= 0.6 is 0 Å². The standard InChI is InChI=1S/C15H23NO4Si/c1-15(2,3)21(4,5)20-11-14(17)10-12-7-6-8-13(9-12)16(18)19/h6-9H,10-11H2,1-5H3. The van der Waals surface area contributed by atoms with Crippen LogP contribution in [0.15, 0.2) is 24.3 Å². The van der Waals surface area contributed by atoms with Crippen LogP contribution in [-0.2, 0) is 15.6 Å². The van der Waals surface area contributed by atoms with Crippen molar-refractivity contribution in [3.8, 4) is 0 Å². The van der Waals surface area contributed by atoms with Gasteiger partial charge in [0, 0.05) is 18.6 Å². The Kier molecular flexibility index (Phi) is 5.41. The number of hydrogen-bond acceptors (Lipinski definition) is 4. The molecule has 6 heteroatoms. The van der Waals surface area contributed by atoms with Crippen molar-refractivity contribution in [3.05, 3.63) is 39.9 Å². The summed E-state index contributed by atoms with van der Waals surface area (Å²) < 4.78 is 5.86. The summed E-state index contributed by atoms with van der Waals surface area (Å²) in [6, 6.07) is 6.16. The van der Waals surface area contributed by atoms with E-state index in [4.69, 9.17) is 4.43 Å². The van der Waals surface area contributed by atoms with Crippen molar-refractivity contribution in [1.82, 2.24) is 0 Å². The average Bonchev–Trinajstić information content (AvgIpc) is 2.35. The number of hydrogen-bond donors (Lipinski definition) is 0. The van der Waals surface area contributed by atoms with Gasteiger partial charge >= 0.3 is 0 Å². The minimum atomic E-state index is -1.94. The Labute approximate surface area is 126 Å². The number of nitrogens with zero attached hydrogens (tertiary/aromatic N) is 1. The van der Waals surface area contributed by atoms with Crippen molar-refractivity contribution in [2.75, 3.05) is 6.61 Å². The van der Waals surface area contributed by atoms with Crippen LogP contribution < -0.4 is 0 Å². The van der Waals surface area contributed by atoms with E-state index < -0.39 is 13.2 Å². The number of carbonyl (C=O) groups excluding carboxylic acids is 1. The van der Waals surface area contributed by atoms with E-state index in [0.29, 0.717) is 5.56 Å². The predicted octanol–water partition coefficient (Wildman–Crippen LogP) is 3.73. The monoisotopic (exact) mass is 309 g/mol. The molecule has 5 nitrogen and oxygen atoms in total. The maximum Gasteiger partial charge on any atom is 0.269 e. The molecule has 0 heterocycles. The van der Waals surface area contributed by atoms with Crippen molar-refractivity contribution >= 4 is 19.8 Å². The zero-order chi connectivity index (χ0) is 16.3. The first kappa shape index (κ1) is 17.5. The Morgan fingerprint density at radius 3 is 2.48 bits per heavy atom. The lowest BCUT2D eigenvalue weighted by Crippen LogP contribution is -2.42. The SMILES string of the molecule is CC(C)(C)[Si](C)(C)OCC(=O)Cc1cccc([N+](=O)[O-])c1. The van der Waals surface area contributed by atoms with Gasteiger partial charge in [0.15, 0.2) is 14.1 Å². The predicted molar refractivity (Wildman–Crippen MR) is 85.0 cm³/mol. The van der Waals surface area contributed by atoms with Crippen molar-refractivity contribution < 1.29 is 14.1 Å². The zero-order valence-electron chi connectivity index (χ0n) is 13.3. The number of non-ortho nitro benzene ring substituents is 1. The Morgan fingerprint density at radius 1 is 1.33 bits per heavy atom. The van der Waals surface area contributed by atoms with Crippen molar-refractivity contribution in [2.24, 2.45) is 0 Å². The highest BCUT2D eigenvalue weighted by Crippen LogP contribution is 2.36. The molecule has 0 aromatic heterocycles. The fraction of sp³-hybridized carbons (Fsp3) is 0.533. The topological polar surface area (TPSA) is 69.4 Å². The van der Waals surface area contributed by atoms with Gasteiger partial charge in [0.05, 0.1) is 11.5 Å². The molecule has 0 aliphatic heterocycles. The quantitative estimate of drug-likeness (QED) is 0.456. The molecule has 0 atom stereocenters. The maximum absolute atomic E-state index is 12.0. The summed E-state index contributed by atoms with van der Waals surface area (Å²) >= 11 is 0. The second kappa shape index (κ2) is 6.49. The van der Waals surface area contributed by atoms with E-state index in [-0.39, 0.29) is 29.5 Å². The highest BCUT2D eigenvalue weighted by Gasteiger charge is 2.37. The number of rotatable bonds is 6. The van der Waals surface area contributed by atoms with Crippen LogP contribution in [-0.4, -0.2) is 25.6 Å². The summed E-state index contributed by atoms with van der Waals surface area (Å²) in [5.41, 5.74) is 0.652. The number of carbonyl (C=O) groups is 1. The summed E-state index contributed by atoms with van der Waals surface area (Å²) in [7, 11) is -1.94. The van der Waals surface area contributed by atoms with Gasteiger partial charge in [-0.05, 0) is 23.7 Å². The molecular weight excluding hydrogens is 286 g/mol. The van der Waals surface area contributed by atoms with Gasteiger partial charge in [-0.2, -0.15) is 0 Å². The fourth-order valence-electron chi connectivity index (χ4n) is 1.54. The molecule has 1 aromatic carbocycles. The Balaban J connectivity index is 2.63. The molecule has 0 unspecified atom stereocenters. The highest BCUT2D eigenvalue weighted by atomic mass is 28.4. The minimum Gasteiger partial charge on any atom is -0.410 e. The molecule has 0 radical (unpaired) electrons. The van der Waals surface area contributed by atoms with Gasteiger partial charge in [-0.15, -0.1) is 0 Å². The lowest BCUT2D eigenvalue weighted by Gasteiger charge is -2.35. The lowest BCUT2D eigenvalue weighted by molar-refractivity contribution is -0.384. The van der Waals surface area contributed by atoms with Gasteiger partial charge in [-0.25, -0.2) is 0 Å². The Bertz CT molecular complexity index is 535. The van der Waals surface area contributed by atoms with E-state index >= 15 is 0 Å². The van der Waals surface area contributed by atoms with Gasteiger partial charge in [0.2, 0.25) is 0 Å². The first-order chi connectivity index (χ1) is 9.53. The molecule has 0 aliphatic rings. The summed E-state index contributed by atoms with van der Waals surface area (Å²) in [6.07, 6.45) is 0.163. The number of benzene rings is 1. The van der Waals surface area contributed by atoms with Crippen molar-refractivity contribution in [1.29, 1.82) is 0 Å². The molecule has 21 heavy (non-hydrogen) atoms. The number of nitro groups is 1. The first-order valence-electron chi connectivity index (χ1n) is 6.92. The molecule has 0 saturated heterocycles. The molecular formula is C15H23NO4Si. The lowest BCUT2D eigenvalue weighted by atomic mass is 10.1. The van der Waals surface area contributed by atoms with E-state index in [2.05, 4.69) is 33.9 Å². The molecule has 0 aliphatic carbocycles. The van der Waals surface area contributed by atoms with E-state index in [1.807, 2.05) is 0 Å². The van der Waals surface area contributed by atoms with Gasteiger partial charge < -0.3 is 4.43 Å². The van der Waals surface area contributed by atoms with Crippen LogP contribution in [0, 0.1) is 10.1 Å². The molecule has 0 saturated carbocycles. The van der Waals surface area contributed by atoms with Gasteiger partial charge in [-0.3, -0.25) is 14.9 Å². The number of ketones is 1. The minimum absolute atomic E-state index is 0.00520. The second-order valence-corrected chi connectivity index (χ2v) is 11.5. The van der Waals surface area contributed by atoms with E-state index in [1.165, 1.54) is 12.1 Å².